The predicted molar refractivity (Wildman–Crippen MR) is 61.6 cm³/mol. The standard InChI is InChI=1S/C10H21N2O2P/c1-6-7-14-15(13,8-11)12(9(2)3)10(4)5/h9-10H,6-7H2,1-5H3. The Bertz CT molecular complexity index is 263. The molecule has 4 nitrogen and oxygen atoms in total. The zero-order chi connectivity index (χ0) is 12.1. The Balaban J connectivity index is 4.89. The van der Waals surface area contributed by atoms with Crippen molar-refractivity contribution in [1.29, 1.82) is 5.26 Å². The zero-order valence-electron chi connectivity index (χ0n) is 10.2. The van der Waals surface area contributed by atoms with Gasteiger partial charge in [-0.25, -0.2) is 4.67 Å². The SMILES string of the molecule is CCCOP(=O)(C#N)N(C(C)C)C(C)C. The highest BCUT2D eigenvalue weighted by Crippen LogP contribution is 2.52. The second-order valence-electron chi connectivity index (χ2n) is 4.02. The number of hydrogen-bond donors (Lipinski definition) is 0. The van der Waals surface area contributed by atoms with Crippen molar-refractivity contribution in [3.8, 4) is 5.81 Å². The predicted octanol–water partition coefficient (Wildman–Crippen LogP) is 3.21. The lowest BCUT2D eigenvalue weighted by molar-refractivity contribution is 0.224. The third-order valence-electron chi connectivity index (χ3n) is 1.96. The van der Waals surface area contributed by atoms with E-state index in [4.69, 9.17) is 9.79 Å². The maximum Gasteiger partial charge on any atom is 0.371 e. The van der Waals surface area contributed by atoms with Gasteiger partial charge in [-0.3, -0.25) is 4.57 Å². The average molecular weight is 232 g/mol. The van der Waals surface area contributed by atoms with Crippen molar-refractivity contribution in [2.75, 3.05) is 6.61 Å². The third kappa shape index (κ3) is 3.95. The molecule has 0 spiro atoms. The Hall–Kier alpha value is -0.360. The summed E-state index contributed by atoms with van der Waals surface area (Å²) in [6.07, 6.45) is 0.760. The van der Waals surface area contributed by atoms with Gasteiger partial charge in [0.15, 0.2) is 5.81 Å². The van der Waals surface area contributed by atoms with Gasteiger partial charge in [0.25, 0.3) is 0 Å². The highest BCUT2D eigenvalue weighted by atomic mass is 31.2. The molecule has 5 heteroatoms. The molecule has 0 aromatic carbocycles. The van der Waals surface area contributed by atoms with Gasteiger partial charge in [0.05, 0.1) is 6.61 Å². The molecule has 0 N–H and O–H groups in total. The van der Waals surface area contributed by atoms with E-state index >= 15 is 0 Å². The minimum Gasteiger partial charge on any atom is -0.307 e. The van der Waals surface area contributed by atoms with Crippen LogP contribution in [-0.4, -0.2) is 23.4 Å². The smallest absolute Gasteiger partial charge is 0.307 e. The second kappa shape index (κ2) is 6.27. The molecule has 0 aromatic rings. The van der Waals surface area contributed by atoms with E-state index in [1.807, 2.05) is 40.4 Å². The van der Waals surface area contributed by atoms with Crippen molar-refractivity contribution >= 4 is 7.52 Å². The Morgan fingerprint density at radius 2 is 1.80 bits per heavy atom. The first-order valence-electron chi connectivity index (χ1n) is 5.33. The van der Waals surface area contributed by atoms with Gasteiger partial charge < -0.3 is 4.52 Å². The van der Waals surface area contributed by atoms with Crippen molar-refractivity contribution < 1.29 is 9.09 Å². The maximum absolute atomic E-state index is 12.3. The van der Waals surface area contributed by atoms with Gasteiger partial charge in [-0.2, -0.15) is 5.26 Å². The Labute approximate surface area is 92.7 Å². The first-order valence-corrected chi connectivity index (χ1v) is 6.91. The lowest BCUT2D eigenvalue weighted by Crippen LogP contribution is -2.34. The van der Waals surface area contributed by atoms with Crippen LogP contribution in [0.3, 0.4) is 0 Å². The van der Waals surface area contributed by atoms with Gasteiger partial charge in [-0.1, -0.05) is 6.92 Å². The molecule has 0 aliphatic rings. The highest BCUT2D eigenvalue weighted by Gasteiger charge is 2.35. The van der Waals surface area contributed by atoms with Crippen molar-refractivity contribution in [3.63, 3.8) is 0 Å². The summed E-state index contributed by atoms with van der Waals surface area (Å²) in [5.74, 6) is 1.84. The van der Waals surface area contributed by atoms with Gasteiger partial charge in [-0.05, 0) is 34.1 Å². The van der Waals surface area contributed by atoms with Crippen LogP contribution >= 0.6 is 7.52 Å². The van der Waals surface area contributed by atoms with Gasteiger partial charge in [0.1, 0.15) is 0 Å². The van der Waals surface area contributed by atoms with Gasteiger partial charge in [0, 0.05) is 12.1 Å². The molecule has 0 aliphatic heterocycles. The minimum absolute atomic E-state index is 0.0346. The summed E-state index contributed by atoms with van der Waals surface area (Å²) in [7, 11) is -3.30. The van der Waals surface area contributed by atoms with Crippen LogP contribution in [0.15, 0.2) is 0 Å². The summed E-state index contributed by atoms with van der Waals surface area (Å²) in [5, 5.41) is 9.00. The summed E-state index contributed by atoms with van der Waals surface area (Å²) >= 11 is 0. The molecule has 0 fully saturated rings. The summed E-state index contributed by atoms with van der Waals surface area (Å²) in [5.41, 5.74) is 0. The Kier molecular flexibility index (Phi) is 6.12. The van der Waals surface area contributed by atoms with E-state index in [-0.39, 0.29) is 12.1 Å². The quantitative estimate of drug-likeness (QED) is 0.660. The molecule has 0 heterocycles. The molecule has 1 atom stereocenters. The van der Waals surface area contributed by atoms with Crippen molar-refractivity contribution in [2.24, 2.45) is 0 Å². The first kappa shape index (κ1) is 14.6. The number of hydrogen-bond acceptors (Lipinski definition) is 3. The average Bonchev–Trinajstić information content (AvgIpc) is 2.13. The fourth-order valence-corrected chi connectivity index (χ4v) is 3.51. The maximum atomic E-state index is 12.3. The van der Waals surface area contributed by atoms with E-state index in [0.29, 0.717) is 6.61 Å². The van der Waals surface area contributed by atoms with Crippen LogP contribution in [0.25, 0.3) is 0 Å². The fourth-order valence-electron chi connectivity index (χ4n) is 1.57. The van der Waals surface area contributed by atoms with E-state index in [2.05, 4.69) is 0 Å². The van der Waals surface area contributed by atoms with Crippen LogP contribution in [0.2, 0.25) is 0 Å². The molecule has 0 radical (unpaired) electrons. The topological polar surface area (TPSA) is 53.3 Å². The molecule has 0 aromatic heterocycles. The molecule has 0 rings (SSSR count). The van der Waals surface area contributed by atoms with Crippen LogP contribution in [0.5, 0.6) is 0 Å². The van der Waals surface area contributed by atoms with Crippen LogP contribution < -0.4 is 0 Å². The van der Waals surface area contributed by atoms with Crippen LogP contribution in [0.1, 0.15) is 41.0 Å². The Morgan fingerprint density at radius 1 is 1.33 bits per heavy atom. The van der Waals surface area contributed by atoms with E-state index in [9.17, 15) is 4.57 Å². The molecule has 0 amide bonds. The minimum atomic E-state index is -3.30. The normalized spacial score (nSPS) is 15.7. The fraction of sp³-hybridized carbons (Fsp3) is 0.900. The number of nitriles is 1. The molecule has 0 saturated carbocycles. The van der Waals surface area contributed by atoms with Crippen LogP contribution in [-0.2, 0) is 9.09 Å². The molecule has 0 bridgehead atoms. The van der Waals surface area contributed by atoms with Crippen molar-refractivity contribution in [1.82, 2.24) is 4.67 Å². The van der Waals surface area contributed by atoms with E-state index in [1.165, 1.54) is 0 Å². The lowest BCUT2D eigenvalue weighted by atomic mass is 10.3. The molecule has 0 aliphatic carbocycles. The first-order chi connectivity index (χ1) is 6.89. The van der Waals surface area contributed by atoms with Crippen LogP contribution in [0.4, 0.5) is 0 Å². The lowest BCUT2D eigenvalue weighted by Gasteiger charge is -2.32. The van der Waals surface area contributed by atoms with Crippen molar-refractivity contribution in [3.05, 3.63) is 0 Å². The summed E-state index contributed by atoms with van der Waals surface area (Å²) in [6, 6.07) is 0.0691. The zero-order valence-corrected chi connectivity index (χ0v) is 11.1. The summed E-state index contributed by atoms with van der Waals surface area (Å²) in [4.78, 5) is 0. The Morgan fingerprint density at radius 3 is 2.07 bits per heavy atom. The van der Waals surface area contributed by atoms with Crippen molar-refractivity contribution in [2.45, 2.75) is 53.1 Å². The van der Waals surface area contributed by atoms with E-state index in [1.54, 1.807) is 4.67 Å². The largest absolute Gasteiger partial charge is 0.371 e. The second-order valence-corrected chi connectivity index (χ2v) is 5.98. The number of nitrogens with zero attached hydrogens (tertiary/aromatic N) is 2. The third-order valence-corrected chi connectivity index (χ3v) is 4.28. The van der Waals surface area contributed by atoms with E-state index < -0.39 is 7.52 Å². The molecule has 0 saturated heterocycles. The molecule has 15 heavy (non-hydrogen) atoms. The molecular formula is C10H21N2O2P. The van der Waals surface area contributed by atoms with Gasteiger partial charge >= 0.3 is 7.52 Å². The molecule has 1 unspecified atom stereocenters. The van der Waals surface area contributed by atoms with Gasteiger partial charge in [-0.15, -0.1) is 0 Å². The van der Waals surface area contributed by atoms with E-state index in [0.717, 1.165) is 6.42 Å². The van der Waals surface area contributed by atoms with Crippen LogP contribution in [0, 0.1) is 11.1 Å². The molecular weight excluding hydrogens is 211 g/mol. The van der Waals surface area contributed by atoms with Gasteiger partial charge in [0.2, 0.25) is 0 Å². The molecule has 88 valence electrons. The summed E-state index contributed by atoms with van der Waals surface area (Å²) in [6.45, 7) is 9.95. The monoisotopic (exact) mass is 232 g/mol. The number of rotatable bonds is 6. The summed E-state index contributed by atoms with van der Waals surface area (Å²) < 4.78 is 19.2. The highest BCUT2D eigenvalue weighted by molar-refractivity contribution is 7.61.